The molecule has 2 N–H and O–H groups in total. The highest BCUT2D eigenvalue weighted by atomic mass is 32.2. The molecule has 2 heterocycles. The van der Waals surface area contributed by atoms with Gasteiger partial charge in [-0.05, 0) is 43.4 Å². The third kappa shape index (κ3) is 2.43. The molecule has 5 heteroatoms. The highest BCUT2D eigenvalue weighted by Crippen LogP contribution is 2.43. The fraction of sp³-hybridized carbons (Fsp3) is 0.846. The molecule has 0 aromatic carbocycles. The number of hydrogen-bond donors (Lipinski definition) is 1. The van der Waals surface area contributed by atoms with Gasteiger partial charge in [0, 0.05) is 6.42 Å². The molecule has 2 fully saturated rings. The highest BCUT2D eigenvalue weighted by molar-refractivity contribution is 7.99. The van der Waals surface area contributed by atoms with Crippen LogP contribution in [0, 0.1) is 5.41 Å². The minimum atomic E-state index is 0.253. The molecule has 2 aliphatic rings. The molecule has 1 saturated carbocycles. The van der Waals surface area contributed by atoms with Crippen LogP contribution in [0.1, 0.15) is 55.5 Å². The molecule has 4 nitrogen and oxygen atoms in total. The summed E-state index contributed by atoms with van der Waals surface area (Å²) in [5.41, 5.74) is 6.13. The fourth-order valence-corrected chi connectivity index (χ4v) is 4.10. The standard InChI is InChI=1S/C13H21N3OS/c14-9-13(5-3-6-13)8-11-15-12(16-17-11)10-4-1-2-7-18-10/h10H,1-9,14H2. The van der Waals surface area contributed by atoms with E-state index in [0.29, 0.717) is 5.25 Å². The van der Waals surface area contributed by atoms with Gasteiger partial charge in [-0.1, -0.05) is 18.0 Å². The predicted molar refractivity (Wildman–Crippen MR) is 72.4 cm³/mol. The second-order valence-electron chi connectivity index (χ2n) is 5.64. The minimum absolute atomic E-state index is 0.253. The molecule has 1 saturated heterocycles. The van der Waals surface area contributed by atoms with E-state index in [9.17, 15) is 0 Å². The van der Waals surface area contributed by atoms with E-state index < -0.39 is 0 Å². The first-order valence-electron chi connectivity index (χ1n) is 6.95. The van der Waals surface area contributed by atoms with Gasteiger partial charge in [-0.15, -0.1) is 0 Å². The second kappa shape index (κ2) is 5.21. The van der Waals surface area contributed by atoms with Crippen molar-refractivity contribution in [2.45, 2.75) is 50.2 Å². The lowest BCUT2D eigenvalue weighted by Crippen LogP contribution is -2.39. The van der Waals surface area contributed by atoms with E-state index in [1.807, 2.05) is 11.8 Å². The average molecular weight is 267 g/mol. The summed E-state index contributed by atoms with van der Waals surface area (Å²) in [6.07, 6.45) is 8.37. The minimum Gasteiger partial charge on any atom is -0.339 e. The molecule has 1 unspecified atom stereocenters. The normalized spacial score (nSPS) is 26.8. The first-order chi connectivity index (χ1) is 8.81. The highest BCUT2D eigenvalue weighted by Gasteiger charge is 2.37. The van der Waals surface area contributed by atoms with Crippen molar-refractivity contribution in [3.63, 3.8) is 0 Å². The van der Waals surface area contributed by atoms with Crippen molar-refractivity contribution in [1.29, 1.82) is 0 Å². The van der Waals surface area contributed by atoms with Crippen LogP contribution in [0.4, 0.5) is 0 Å². The van der Waals surface area contributed by atoms with Crippen LogP contribution < -0.4 is 5.73 Å². The van der Waals surface area contributed by atoms with E-state index in [2.05, 4.69) is 10.1 Å². The molecule has 1 atom stereocenters. The molecule has 0 bridgehead atoms. The van der Waals surface area contributed by atoms with Gasteiger partial charge in [-0.2, -0.15) is 16.7 Å². The van der Waals surface area contributed by atoms with E-state index >= 15 is 0 Å². The van der Waals surface area contributed by atoms with Crippen molar-refractivity contribution < 1.29 is 4.52 Å². The summed E-state index contributed by atoms with van der Waals surface area (Å²) >= 11 is 1.96. The van der Waals surface area contributed by atoms with Gasteiger partial charge in [0.15, 0.2) is 5.82 Å². The van der Waals surface area contributed by atoms with Crippen LogP contribution in [0.2, 0.25) is 0 Å². The number of hydrogen-bond acceptors (Lipinski definition) is 5. The summed E-state index contributed by atoms with van der Waals surface area (Å²) < 4.78 is 5.42. The van der Waals surface area contributed by atoms with Crippen LogP contribution >= 0.6 is 11.8 Å². The van der Waals surface area contributed by atoms with Gasteiger partial charge in [0.1, 0.15) is 0 Å². The Morgan fingerprint density at radius 1 is 1.33 bits per heavy atom. The molecule has 1 aromatic rings. The van der Waals surface area contributed by atoms with Gasteiger partial charge in [0.05, 0.1) is 5.25 Å². The van der Waals surface area contributed by atoms with E-state index in [0.717, 1.165) is 24.7 Å². The third-order valence-electron chi connectivity index (χ3n) is 4.32. The largest absolute Gasteiger partial charge is 0.339 e. The lowest BCUT2D eigenvalue weighted by Gasteiger charge is -2.39. The molecule has 1 aliphatic heterocycles. The Bertz CT molecular complexity index is 391. The molecular weight excluding hydrogens is 246 g/mol. The summed E-state index contributed by atoms with van der Waals surface area (Å²) in [5, 5.41) is 4.62. The van der Waals surface area contributed by atoms with Crippen molar-refractivity contribution in [3.8, 4) is 0 Å². The molecule has 0 amide bonds. The summed E-state index contributed by atoms with van der Waals surface area (Å²) in [5.74, 6) is 2.92. The molecule has 3 rings (SSSR count). The van der Waals surface area contributed by atoms with Gasteiger partial charge in [0.25, 0.3) is 0 Å². The molecule has 1 aromatic heterocycles. The topological polar surface area (TPSA) is 64.9 Å². The maximum Gasteiger partial charge on any atom is 0.227 e. The Kier molecular flexibility index (Phi) is 3.61. The lowest BCUT2D eigenvalue weighted by atomic mass is 9.67. The fourth-order valence-electron chi connectivity index (χ4n) is 2.87. The van der Waals surface area contributed by atoms with Crippen molar-refractivity contribution in [2.75, 3.05) is 12.3 Å². The number of rotatable bonds is 4. The second-order valence-corrected chi connectivity index (χ2v) is 6.95. The zero-order valence-corrected chi connectivity index (χ0v) is 11.5. The zero-order chi connectivity index (χ0) is 12.4. The van der Waals surface area contributed by atoms with Crippen molar-refractivity contribution in [3.05, 3.63) is 11.7 Å². The quantitative estimate of drug-likeness (QED) is 0.908. The first-order valence-corrected chi connectivity index (χ1v) is 8.00. The van der Waals surface area contributed by atoms with Gasteiger partial charge in [-0.3, -0.25) is 0 Å². The van der Waals surface area contributed by atoms with Crippen molar-refractivity contribution >= 4 is 11.8 Å². The zero-order valence-electron chi connectivity index (χ0n) is 10.7. The van der Waals surface area contributed by atoms with Crippen LogP contribution in [-0.2, 0) is 6.42 Å². The summed E-state index contributed by atoms with van der Waals surface area (Å²) in [4.78, 5) is 4.59. The van der Waals surface area contributed by atoms with Crippen LogP contribution in [-0.4, -0.2) is 22.4 Å². The Balaban J connectivity index is 1.65. The van der Waals surface area contributed by atoms with E-state index in [4.69, 9.17) is 10.3 Å². The first kappa shape index (κ1) is 12.5. The van der Waals surface area contributed by atoms with Crippen molar-refractivity contribution in [1.82, 2.24) is 10.1 Å². The summed E-state index contributed by atoms with van der Waals surface area (Å²) in [6.45, 7) is 0.739. The van der Waals surface area contributed by atoms with Gasteiger partial charge >= 0.3 is 0 Å². The molecule has 1 aliphatic carbocycles. The number of nitrogens with two attached hydrogens (primary N) is 1. The number of aromatic nitrogens is 2. The molecule has 100 valence electrons. The molecule has 0 radical (unpaired) electrons. The van der Waals surface area contributed by atoms with Crippen LogP contribution in [0.5, 0.6) is 0 Å². The smallest absolute Gasteiger partial charge is 0.227 e. The monoisotopic (exact) mass is 267 g/mol. The molecule has 0 spiro atoms. The molecular formula is C13H21N3OS. The predicted octanol–water partition coefficient (Wildman–Crippen LogP) is 2.70. The Morgan fingerprint density at radius 2 is 2.22 bits per heavy atom. The van der Waals surface area contributed by atoms with Gasteiger partial charge in [-0.25, -0.2) is 0 Å². The van der Waals surface area contributed by atoms with Gasteiger partial charge < -0.3 is 10.3 Å². The van der Waals surface area contributed by atoms with E-state index in [-0.39, 0.29) is 5.41 Å². The SMILES string of the molecule is NCC1(Cc2nc(C3CCCCS3)no2)CCC1. The van der Waals surface area contributed by atoms with Gasteiger partial charge in [0.2, 0.25) is 5.89 Å². The number of thioether (sulfide) groups is 1. The third-order valence-corrected chi connectivity index (χ3v) is 5.70. The maximum atomic E-state index is 5.87. The Labute approximate surface area is 112 Å². The average Bonchev–Trinajstić information content (AvgIpc) is 2.83. The maximum absolute atomic E-state index is 5.87. The van der Waals surface area contributed by atoms with Crippen molar-refractivity contribution in [2.24, 2.45) is 11.1 Å². The van der Waals surface area contributed by atoms with Crippen LogP contribution in [0.15, 0.2) is 4.52 Å². The molecule has 18 heavy (non-hydrogen) atoms. The lowest BCUT2D eigenvalue weighted by molar-refractivity contribution is 0.129. The number of nitrogens with zero attached hydrogens (tertiary/aromatic N) is 2. The summed E-state index contributed by atoms with van der Waals surface area (Å²) in [6, 6.07) is 0. The van der Waals surface area contributed by atoms with E-state index in [1.165, 1.54) is 44.3 Å². The van der Waals surface area contributed by atoms with Crippen LogP contribution in [0.25, 0.3) is 0 Å². The Hall–Kier alpha value is -0.550. The van der Waals surface area contributed by atoms with E-state index in [1.54, 1.807) is 0 Å². The van der Waals surface area contributed by atoms with Crippen LogP contribution in [0.3, 0.4) is 0 Å². The Morgan fingerprint density at radius 3 is 2.83 bits per heavy atom. The summed E-state index contributed by atoms with van der Waals surface area (Å²) in [7, 11) is 0.